The maximum absolute atomic E-state index is 4.55. The van der Waals surface area contributed by atoms with E-state index in [-0.39, 0.29) is 0 Å². The summed E-state index contributed by atoms with van der Waals surface area (Å²) in [5.41, 5.74) is 1.21. The van der Waals surface area contributed by atoms with E-state index in [2.05, 4.69) is 44.5 Å². The summed E-state index contributed by atoms with van der Waals surface area (Å²) in [5.74, 6) is 1.08. The smallest absolute Gasteiger partial charge is 0.141 e. The van der Waals surface area contributed by atoms with E-state index in [1.54, 1.807) is 17.7 Å². The molecule has 108 valence electrons. The van der Waals surface area contributed by atoms with Gasteiger partial charge in [0.2, 0.25) is 0 Å². The molecular weight excluding hydrogens is 282 g/mol. The van der Waals surface area contributed by atoms with Crippen molar-refractivity contribution in [1.29, 1.82) is 0 Å². The summed E-state index contributed by atoms with van der Waals surface area (Å²) in [7, 11) is 0. The summed E-state index contributed by atoms with van der Waals surface area (Å²) in [5, 5.41) is 7.68. The highest BCUT2D eigenvalue weighted by molar-refractivity contribution is 7.16. The van der Waals surface area contributed by atoms with Gasteiger partial charge in [-0.1, -0.05) is 0 Å². The number of rotatable bonds is 3. The molecule has 1 aliphatic rings. The van der Waals surface area contributed by atoms with E-state index in [4.69, 9.17) is 0 Å². The molecule has 1 unspecified atom stereocenters. The molecule has 3 aromatic heterocycles. The van der Waals surface area contributed by atoms with Crippen molar-refractivity contribution in [3.63, 3.8) is 0 Å². The molecule has 1 fully saturated rings. The van der Waals surface area contributed by atoms with E-state index in [1.807, 2.05) is 10.9 Å². The molecule has 1 aliphatic heterocycles. The van der Waals surface area contributed by atoms with Crippen molar-refractivity contribution in [2.24, 2.45) is 0 Å². The Bertz CT molecular complexity index is 762. The van der Waals surface area contributed by atoms with E-state index >= 15 is 0 Å². The van der Waals surface area contributed by atoms with Gasteiger partial charge in [0.1, 0.15) is 17.0 Å². The molecule has 6 heteroatoms. The number of aromatic nitrogens is 4. The lowest BCUT2D eigenvalue weighted by molar-refractivity contribution is 0.508. The lowest BCUT2D eigenvalue weighted by Crippen LogP contribution is -2.33. The predicted molar refractivity (Wildman–Crippen MR) is 84.7 cm³/mol. The van der Waals surface area contributed by atoms with Gasteiger partial charge < -0.3 is 4.90 Å². The summed E-state index contributed by atoms with van der Waals surface area (Å²) < 4.78 is 2.05. The van der Waals surface area contributed by atoms with Gasteiger partial charge in [0.25, 0.3) is 0 Å². The third-order valence-electron chi connectivity index (χ3n) is 4.05. The molecule has 4 rings (SSSR count). The Morgan fingerprint density at radius 2 is 2.33 bits per heavy atom. The number of nitrogens with zero attached hydrogens (tertiary/aromatic N) is 5. The average Bonchev–Trinajstić information content (AvgIpc) is 3.19. The van der Waals surface area contributed by atoms with Crippen molar-refractivity contribution < 1.29 is 0 Å². The van der Waals surface area contributed by atoms with Gasteiger partial charge in [0, 0.05) is 12.7 Å². The van der Waals surface area contributed by atoms with Crippen LogP contribution in [0.2, 0.25) is 0 Å². The first-order chi connectivity index (χ1) is 10.3. The maximum atomic E-state index is 4.55. The Labute approximate surface area is 127 Å². The van der Waals surface area contributed by atoms with Crippen LogP contribution in [0.3, 0.4) is 0 Å². The van der Waals surface area contributed by atoms with Gasteiger partial charge in [-0.3, -0.25) is 4.68 Å². The van der Waals surface area contributed by atoms with E-state index in [0.29, 0.717) is 6.04 Å². The molecule has 0 spiro atoms. The number of fused-ring (bicyclic) bond motifs is 1. The summed E-state index contributed by atoms with van der Waals surface area (Å²) in [6.07, 6.45) is 8.11. The summed E-state index contributed by atoms with van der Waals surface area (Å²) in [4.78, 5) is 12.4. The minimum Gasteiger partial charge on any atom is -0.351 e. The quantitative estimate of drug-likeness (QED) is 0.746. The zero-order valence-electron chi connectivity index (χ0n) is 11.9. The van der Waals surface area contributed by atoms with Crippen LogP contribution in [0.5, 0.6) is 0 Å². The van der Waals surface area contributed by atoms with Crippen LogP contribution in [0.25, 0.3) is 10.2 Å². The highest BCUT2D eigenvalue weighted by Crippen LogP contribution is 2.32. The van der Waals surface area contributed by atoms with Gasteiger partial charge in [0.15, 0.2) is 0 Å². The van der Waals surface area contributed by atoms with Gasteiger partial charge in [-0.15, -0.1) is 11.3 Å². The second-order valence-electron chi connectivity index (χ2n) is 5.57. The molecule has 21 heavy (non-hydrogen) atoms. The Morgan fingerprint density at radius 1 is 1.38 bits per heavy atom. The van der Waals surface area contributed by atoms with Crippen molar-refractivity contribution >= 4 is 27.4 Å². The van der Waals surface area contributed by atoms with Crippen molar-refractivity contribution in [2.75, 3.05) is 11.4 Å². The molecule has 3 aromatic rings. The second-order valence-corrected chi connectivity index (χ2v) is 6.46. The van der Waals surface area contributed by atoms with Crippen LogP contribution in [0, 0.1) is 6.92 Å². The normalized spacial score (nSPS) is 18.7. The molecule has 4 heterocycles. The Balaban J connectivity index is 1.65. The molecule has 1 atom stereocenters. The van der Waals surface area contributed by atoms with Crippen LogP contribution in [-0.4, -0.2) is 32.3 Å². The monoisotopic (exact) mass is 299 g/mol. The lowest BCUT2D eigenvalue weighted by Gasteiger charge is -2.26. The van der Waals surface area contributed by atoms with Crippen LogP contribution in [-0.2, 0) is 6.54 Å². The van der Waals surface area contributed by atoms with Crippen LogP contribution in [0.4, 0.5) is 5.82 Å². The SMILES string of the molecule is Cc1cnn(CC2CCCN2c2ncnc3sccc23)c1. The molecule has 0 radical (unpaired) electrons. The number of hydrogen-bond donors (Lipinski definition) is 0. The van der Waals surface area contributed by atoms with Crippen molar-refractivity contribution in [3.8, 4) is 0 Å². The Hall–Kier alpha value is -1.95. The molecule has 0 N–H and O–H groups in total. The fourth-order valence-corrected chi connectivity index (χ4v) is 3.82. The van der Waals surface area contributed by atoms with Crippen LogP contribution < -0.4 is 4.90 Å². The largest absolute Gasteiger partial charge is 0.351 e. The van der Waals surface area contributed by atoms with Crippen LogP contribution >= 0.6 is 11.3 Å². The van der Waals surface area contributed by atoms with Gasteiger partial charge in [0.05, 0.1) is 24.2 Å². The predicted octanol–water partition coefficient (Wildman–Crippen LogP) is 2.87. The van der Waals surface area contributed by atoms with E-state index in [9.17, 15) is 0 Å². The molecule has 5 nitrogen and oxygen atoms in total. The number of aryl methyl sites for hydroxylation is 1. The van der Waals surface area contributed by atoms with Gasteiger partial charge in [-0.2, -0.15) is 5.10 Å². The van der Waals surface area contributed by atoms with Gasteiger partial charge in [-0.05, 0) is 36.8 Å². The minimum absolute atomic E-state index is 0.460. The number of thiophene rings is 1. The van der Waals surface area contributed by atoms with Gasteiger partial charge in [-0.25, -0.2) is 9.97 Å². The molecule has 0 amide bonds. The highest BCUT2D eigenvalue weighted by atomic mass is 32.1. The zero-order valence-corrected chi connectivity index (χ0v) is 12.8. The van der Waals surface area contributed by atoms with E-state index in [0.717, 1.165) is 23.7 Å². The molecule has 0 aromatic carbocycles. The number of hydrogen-bond acceptors (Lipinski definition) is 5. The van der Waals surface area contributed by atoms with E-state index in [1.165, 1.54) is 23.8 Å². The Morgan fingerprint density at radius 3 is 3.19 bits per heavy atom. The summed E-state index contributed by atoms with van der Waals surface area (Å²) in [6, 6.07) is 2.59. The first kappa shape index (κ1) is 12.8. The molecule has 1 saturated heterocycles. The van der Waals surface area contributed by atoms with E-state index < -0.39 is 0 Å². The van der Waals surface area contributed by atoms with Crippen molar-refractivity contribution in [2.45, 2.75) is 32.4 Å². The topological polar surface area (TPSA) is 46.8 Å². The third kappa shape index (κ3) is 2.29. The molecular formula is C15H17N5S. The lowest BCUT2D eigenvalue weighted by atomic mass is 10.2. The molecule has 0 aliphatic carbocycles. The van der Waals surface area contributed by atoms with Crippen LogP contribution in [0.15, 0.2) is 30.2 Å². The standard InChI is InChI=1S/C15H17N5S/c1-11-7-18-19(8-11)9-12-3-2-5-20(12)14-13-4-6-21-15(13)17-10-16-14/h4,6-8,10,12H,2-3,5,9H2,1H3. The maximum Gasteiger partial charge on any atom is 0.141 e. The fraction of sp³-hybridized carbons (Fsp3) is 0.400. The minimum atomic E-state index is 0.460. The average molecular weight is 299 g/mol. The molecule has 0 saturated carbocycles. The van der Waals surface area contributed by atoms with Crippen molar-refractivity contribution in [1.82, 2.24) is 19.7 Å². The number of anilines is 1. The fourth-order valence-electron chi connectivity index (χ4n) is 3.09. The first-order valence-corrected chi connectivity index (χ1v) is 8.13. The summed E-state index contributed by atoms with van der Waals surface area (Å²) in [6.45, 7) is 4.06. The second kappa shape index (κ2) is 5.11. The Kier molecular flexibility index (Phi) is 3.11. The third-order valence-corrected chi connectivity index (χ3v) is 4.87. The zero-order chi connectivity index (χ0) is 14.2. The molecule has 0 bridgehead atoms. The summed E-state index contributed by atoms with van der Waals surface area (Å²) >= 11 is 1.67. The van der Waals surface area contributed by atoms with Crippen LogP contribution in [0.1, 0.15) is 18.4 Å². The highest BCUT2D eigenvalue weighted by Gasteiger charge is 2.27. The van der Waals surface area contributed by atoms with Gasteiger partial charge >= 0.3 is 0 Å². The first-order valence-electron chi connectivity index (χ1n) is 7.25. The van der Waals surface area contributed by atoms with Crippen molar-refractivity contribution in [3.05, 3.63) is 35.7 Å².